The number of nitrogens with zero attached hydrogens (tertiary/aromatic N) is 2. The molecule has 1 rings (SSSR count). The summed E-state index contributed by atoms with van der Waals surface area (Å²) in [6, 6.07) is 0. The van der Waals surface area contributed by atoms with Crippen molar-refractivity contribution in [2.75, 3.05) is 13.1 Å². The Morgan fingerprint density at radius 2 is 1.90 bits per heavy atom. The monoisotopic (exact) mass is 282 g/mol. The summed E-state index contributed by atoms with van der Waals surface area (Å²) in [6.07, 6.45) is 1.53. The van der Waals surface area contributed by atoms with Crippen LogP contribution in [0.15, 0.2) is 15.8 Å². The number of nitrogens with one attached hydrogen (secondary N) is 2. The van der Waals surface area contributed by atoms with Crippen LogP contribution in [0, 0.1) is 5.92 Å². The normalized spacial score (nSPS) is 10.8. The summed E-state index contributed by atoms with van der Waals surface area (Å²) < 4.78 is 2.45. The largest absolute Gasteiger partial charge is 0.355 e. The first-order valence-electron chi connectivity index (χ1n) is 6.58. The molecule has 1 aromatic rings. The van der Waals surface area contributed by atoms with Crippen LogP contribution in [0.25, 0.3) is 0 Å². The molecule has 0 aliphatic carbocycles. The maximum absolute atomic E-state index is 11.8. The van der Waals surface area contributed by atoms with E-state index in [4.69, 9.17) is 0 Å². The van der Waals surface area contributed by atoms with Gasteiger partial charge in [0, 0.05) is 51.4 Å². The molecule has 7 nitrogen and oxygen atoms in total. The molecule has 1 aromatic heterocycles. The Bertz CT molecular complexity index is 586. The van der Waals surface area contributed by atoms with Crippen LogP contribution in [0.1, 0.15) is 19.4 Å². The van der Waals surface area contributed by atoms with Crippen LogP contribution >= 0.6 is 0 Å². The van der Waals surface area contributed by atoms with E-state index in [0.29, 0.717) is 25.2 Å². The predicted octanol–water partition coefficient (Wildman–Crippen LogP) is -1.05. The average Bonchev–Trinajstić information content (AvgIpc) is 2.41. The third-order valence-corrected chi connectivity index (χ3v) is 2.96. The molecule has 112 valence electrons. The van der Waals surface area contributed by atoms with Crippen LogP contribution in [0.5, 0.6) is 0 Å². The number of aromatic nitrogens is 2. The summed E-state index contributed by atoms with van der Waals surface area (Å²) in [5.74, 6) is -0.0317. The van der Waals surface area contributed by atoms with Gasteiger partial charge in [-0.2, -0.15) is 0 Å². The minimum absolute atomic E-state index is 0.00446. The lowest BCUT2D eigenvalue weighted by Gasteiger charge is -2.09. The van der Waals surface area contributed by atoms with Crippen molar-refractivity contribution in [3.63, 3.8) is 0 Å². The van der Waals surface area contributed by atoms with Crippen LogP contribution < -0.4 is 21.9 Å². The van der Waals surface area contributed by atoms with Gasteiger partial charge in [0.25, 0.3) is 5.56 Å². The van der Waals surface area contributed by atoms with Crippen molar-refractivity contribution in [1.82, 2.24) is 19.8 Å². The van der Waals surface area contributed by atoms with Gasteiger partial charge in [-0.1, -0.05) is 13.8 Å². The van der Waals surface area contributed by atoms with Crippen molar-refractivity contribution in [3.05, 3.63) is 32.6 Å². The number of amides is 1. The number of hydrogen-bond acceptors (Lipinski definition) is 4. The van der Waals surface area contributed by atoms with Gasteiger partial charge >= 0.3 is 5.69 Å². The molecule has 7 heteroatoms. The summed E-state index contributed by atoms with van der Waals surface area (Å²) in [4.78, 5) is 34.7. The molecule has 0 aliphatic rings. The van der Waals surface area contributed by atoms with E-state index in [2.05, 4.69) is 10.6 Å². The quantitative estimate of drug-likeness (QED) is 0.652. The molecular weight excluding hydrogens is 260 g/mol. The fourth-order valence-corrected chi connectivity index (χ4v) is 1.71. The van der Waals surface area contributed by atoms with Crippen molar-refractivity contribution < 1.29 is 4.79 Å². The molecule has 0 aliphatic heterocycles. The molecule has 0 atom stereocenters. The highest BCUT2D eigenvalue weighted by Gasteiger charge is 2.07. The van der Waals surface area contributed by atoms with Crippen LogP contribution in [0.2, 0.25) is 0 Å². The summed E-state index contributed by atoms with van der Waals surface area (Å²) in [5.41, 5.74) is -0.125. The molecular formula is C13H22N4O3. The Morgan fingerprint density at radius 1 is 1.25 bits per heavy atom. The number of hydrogen-bond donors (Lipinski definition) is 2. The molecule has 0 saturated heterocycles. The summed E-state index contributed by atoms with van der Waals surface area (Å²) in [6.45, 7) is 5.08. The summed E-state index contributed by atoms with van der Waals surface area (Å²) in [7, 11) is 3.06. The minimum atomic E-state index is -0.344. The van der Waals surface area contributed by atoms with Crippen molar-refractivity contribution in [2.45, 2.75) is 20.4 Å². The van der Waals surface area contributed by atoms with Gasteiger partial charge in [0.2, 0.25) is 5.91 Å². The first-order valence-corrected chi connectivity index (χ1v) is 6.58. The molecule has 1 amide bonds. The van der Waals surface area contributed by atoms with Gasteiger partial charge < -0.3 is 15.2 Å². The van der Waals surface area contributed by atoms with E-state index in [-0.39, 0.29) is 23.1 Å². The SMILES string of the molecule is CC(C)C(=O)NCCNCc1cn(C)c(=O)n(C)c1=O. The fraction of sp³-hybridized carbons (Fsp3) is 0.615. The molecule has 1 heterocycles. The second-order valence-corrected chi connectivity index (χ2v) is 5.03. The Kier molecular flexibility index (Phi) is 5.69. The topological polar surface area (TPSA) is 85.1 Å². The lowest BCUT2D eigenvalue weighted by atomic mass is 10.2. The van der Waals surface area contributed by atoms with E-state index in [1.807, 2.05) is 13.8 Å². The van der Waals surface area contributed by atoms with Crippen molar-refractivity contribution in [3.8, 4) is 0 Å². The standard InChI is InChI=1S/C13H22N4O3/c1-9(2)11(18)15-6-5-14-7-10-8-16(3)13(20)17(4)12(10)19/h8-9,14H,5-7H2,1-4H3,(H,15,18). The second-order valence-electron chi connectivity index (χ2n) is 5.03. The Labute approximate surface area is 117 Å². The van der Waals surface area contributed by atoms with E-state index in [0.717, 1.165) is 4.57 Å². The van der Waals surface area contributed by atoms with E-state index in [9.17, 15) is 14.4 Å². The third-order valence-electron chi connectivity index (χ3n) is 2.96. The van der Waals surface area contributed by atoms with Crippen molar-refractivity contribution in [1.29, 1.82) is 0 Å². The maximum Gasteiger partial charge on any atom is 0.330 e. The third kappa shape index (κ3) is 4.06. The van der Waals surface area contributed by atoms with Crippen LogP contribution in [0.4, 0.5) is 0 Å². The molecule has 0 spiro atoms. The Hall–Kier alpha value is -1.89. The highest BCUT2D eigenvalue weighted by Crippen LogP contribution is 1.89. The number of carbonyl (C=O) groups is 1. The van der Waals surface area contributed by atoms with Crippen LogP contribution in [-0.4, -0.2) is 28.1 Å². The second kappa shape index (κ2) is 7.04. The van der Waals surface area contributed by atoms with Gasteiger partial charge in [0.05, 0.1) is 0 Å². The summed E-state index contributed by atoms with van der Waals surface area (Å²) in [5, 5.41) is 5.84. The molecule has 0 saturated carbocycles. The van der Waals surface area contributed by atoms with Gasteiger partial charge in [0.15, 0.2) is 0 Å². The molecule has 0 aromatic carbocycles. The molecule has 2 N–H and O–H groups in total. The van der Waals surface area contributed by atoms with Crippen molar-refractivity contribution in [2.24, 2.45) is 20.0 Å². The molecule has 0 fully saturated rings. The van der Waals surface area contributed by atoms with Gasteiger partial charge in [-0.05, 0) is 0 Å². The Balaban J connectivity index is 2.50. The molecule has 0 bridgehead atoms. The fourth-order valence-electron chi connectivity index (χ4n) is 1.71. The summed E-state index contributed by atoms with van der Waals surface area (Å²) >= 11 is 0. The first-order chi connectivity index (χ1) is 9.34. The van der Waals surface area contributed by atoms with E-state index >= 15 is 0 Å². The van der Waals surface area contributed by atoms with E-state index < -0.39 is 0 Å². The Morgan fingerprint density at radius 3 is 2.50 bits per heavy atom. The molecule has 20 heavy (non-hydrogen) atoms. The molecule has 0 unspecified atom stereocenters. The number of carbonyl (C=O) groups excluding carboxylic acids is 1. The minimum Gasteiger partial charge on any atom is -0.355 e. The zero-order valence-corrected chi connectivity index (χ0v) is 12.4. The molecule has 0 radical (unpaired) electrons. The predicted molar refractivity (Wildman–Crippen MR) is 76.5 cm³/mol. The lowest BCUT2D eigenvalue weighted by Crippen LogP contribution is -2.40. The highest BCUT2D eigenvalue weighted by atomic mass is 16.2. The van der Waals surface area contributed by atoms with E-state index in [1.165, 1.54) is 17.8 Å². The zero-order chi connectivity index (χ0) is 15.3. The first kappa shape index (κ1) is 16.2. The van der Waals surface area contributed by atoms with E-state index in [1.54, 1.807) is 7.05 Å². The zero-order valence-electron chi connectivity index (χ0n) is 12.4. The lowest BCUT2D eigenvalue weighted by molar-refractivity contribution is -0.123. The maximum atomic E-state index is 11.8. The average molecular weight is 282 g/mol. The van der Waals surface area contributed by atoms with Gasteiger partial charge in [0.1, 0.15) is 0 Å². The van der Waals surface area contributed by atoms with Crippen LogP contribution in [-0.2, 0) is 25.4 Å². The number of aryl methyl sites for hydroxylation is 1. The smallest absolute Gasteiger partial charge is 0.330 e. The number of rotatable bonds is 6. The highest BCUT2D eigenvalue weighted by molar-refractivity contribution is 5.77. The van der Waals surface area contributed by atoms with Gasteiger partial charge in [-0.25, -0.2) is 4.79 Å². The van der Waals surface area contributed by atoms with Gasteiger partial charge in [-0.3, -0.25) is 14.2 Å². The van der Waals surface area contributed by atoms with Crippen molar-refractivity contribution >= 4 is 5.91 Å². The van der Waals surface area contributed by atoms with Crippen LogP contribution in [0.3, 0.4) is 0 Å². The van der Waals surface area contributed by atoms with Gasteiger partial charge in [-0.15, -0.1) is 0 Å².